The monoisotopic (exact) mass is 294 g/mol. The second-order valence-electron chi connectivity index (χ2n) is 5.25. The van der Waals surface area contributed by atoms with Crippen LogP contribution in [0.4, 0.5) is 9.18 Å². The number of halogens is 1. The number of carboxylic acid groups (broad SMARTS) is 1. The summed E-state index contributed by atoms with van der Waals surface area (Å²) in [6.07, 6.45) is 3.73. The maximum atomic E-state index is 12.8. The van der Waals surface area contributed by atoms with Gasteiger partial charge in [0.2, 0.25) is 0 Å². The van der Waals surface area contributed by atoms with Crippen molar-refractivity contribution in [2.75, 3.05) is 6.54 Å². The van der Waals surface area contributed by atoms with Crippen LogP contribution in [0.3, 0.4) is 0 Å². The SMILES string of the molecule is O=C(O)CN(C(=O)NCc1ccc(F)cc1)C1CCCC1. The van der Waals surface area contributed by atoms with E-state index in [1.807, 2.05) is 0 Å². The minimum absolute atomic E-state index is 0.00526. The normalized spacial score (nSPS) is 14.9. The highest BCUT2D eigenvalue weighted by molar-refractivity contribution is 5.80. The number of carboxylic acids is 1. The maximum absolute atomic E-state index is 12.8. The van der Waals surface area contributed by atoms with Crippen molar-refractivity contribution in [3.63, 3.8) is 0 Å². The van der Waals surface area contributed by atoms with E-state index in [2.05, 4.69) is 5.32 Å². The number of aliphatic carboxylic acids is 1. The second kappa shape index (κ2) is 7.06. The highest BCUT2D eigenvalue weighted by Crippen LogP contribution is 2.23. The van der Waals surface area contributed by atoms with Crippen LogP contribution in [0.5, 0.6) is 0 Å². The Bertz CT molecular complexity index is 498. The molecule has 0 spiro atoms. The molecule has 2 amide bonds. The van der Waals surface area contributed by atoms with E-state index in [4.69, 9.17) is 5.11 Å². The minimum atomic E-state index is -1.01. The quantitative estimate of drug-likeness (QED) is 0.876. The molecule has 1 aliphatic rings. The lowest BCUT2D eigenvalue weighted by atomic mass is 10.2. The van der Waals surface area contributed by atoms with E-state index in [1.165, 1.54) is 17.0 Å². The van der Waals surface area contributed by atoms with Gasteiger partial charge in [-0.2, -0.15) is 0 Å². The van der Waals surface area contributed by atoms with Crippen LogP contribution in [-0.2, 0) is 11.3 Å². The molecule has 0 aromatic heterocycles. The van der Waals surface area contributed by atoms with Crippen molar-refractivity contribution >= 4 is 12.0 Å². The number of hydrogen-bond donors (Lipinski definition) is 2. The third-order valence-corrected chi connectivity index (χ3v) is 3.69. The number of carbonyl (C=O) groups is 2. The molecule has 0 bridgehead atoms. The number of nitrogens with one attached hydrogen (secondary N) is 1. The number of hydrogen-bond acceptors (Lipinski definition) is 2. The van der Waals surface area contributed by atoms with Gasteiger partial charge in [-0.3, -0.25) is 4.79 Å². The molecule has 6 heteroatoms. The Labute approximate surface area is 122 Å². The second-order valence-corrected chi connectivity index (χ2v) is 5.25. The van der Waals surface area contributed by atoms with E-state index >= 15 is 0 Å². The molecule has 1 saturated carbocycles. The van der Waals surface area contributed by atoms with Crippen LogP contribution in [0.1, 0.15) is 31.2 Å². The molecule has 0 atom stereocenters. The van der Waals surface area contributed by atoms with Crippen molar-refractivity contribution < 1.29 is 19.1 Å². The average molecular weight is 294 g/mol. The summed E-state index contributed by atoms with van der Waals surface area (Å²) in [7, 11) is 0. The maximum Gasteiger partial charge on any atom is 0.323 e. The highest BCUT2D eigenvalue weighted by atomic mass is 19.1. The van der Waals surface area contributed by atoms with Gasteiger partial charge in [-0.05, 0) is 30.5 Å². The minimum Gasteiger partial charge on any atom is -0.480 e. The molecule has 0 radical (unpaired) electrons. The summed E-state index contributed by atoms with van der Waals surface area (Å²) in [5, 5.41) is 11.6. The van der Waals surface area contributed by atoms with Crippen molar-refractivity contribution in [1.82, 2.24) is 10.2 Å². The first kappa shape index (κ1) is 15.3. The lowest BCUT2D eigenvalue weighted by molar-refractivity contribution is -0.138. The average Bonchev–Trinajstić information content (AvgIpc) is 2.97. The molecule has 5 nitrogen and oxygen atoms in total. The molecule has 0 unspecified atom stereocenters. The van der Waals surface area contributed by atoms with Crippen LogP contribution in [0.2, 0.25) is 0 Å². The predicted octanol–water partition coefficient (Wildman–Crippen LogP) is 2.36. The molecule has 21 heavy (non-hydrogen) atoms. The third kappa shape index (κ3) is 4.44. The number of amides is 2. The van der Waals surface area contributed by atoms with Gasteiger partial charge in [0.05, 0.1) is 0 Å². The zero-order chi connectivity index (χ0) is 15.2. The Balaban J connectivity index is 1.94. The molecule has 2 N–H and O–H groups in total. The van der Waals surface area contributed by atoms with Gasteiger partial charge in [-0.1, -0.05) is 25.0 Å². The van der Waals surface area contributed by atoms with Crippen LogP contribution in [0.25, 0.3) is 0 Å². The Morgan fingerprint density at radius 3 is 2.43 bits per heavy atom. The highest BCUT2D eigenvalue weighted by Gasteiger charge is 2.28. The van der Waals surface area contributed by atoms with Crippen molar-refractivity contribution in [3.8, 4) is 0 Å². The predicted molar refractivity (Wildman–Crippen MR) is 75.2 cm³/mol. The summed E-state index contributed by atoms with van der Waals surface area (Å²) in [5.74, 6) is -1.35. The van der Waals surface area contributed by atoms with Gasteiger partial charge in [0.25, 0.3) is 0 Å². The molecule has 2 rings (SSSR count). The summed E-state index contributed by atoms with van der Waals surface area (Å²) >= 11 is 0. The van der Waals surface area contributed by atoms with Gasteiger partial charge in [0.1, 0.15) is 12.4 Å². The molecule has 1 fully saturated rings. The van der Waals surface area contributed by atoms with Gasteiger partial charge >= 0.3 is 12.0 Å². The molecular weight excluding hydrogens is 275 g/mol. The largest absolute Gasteiger partial charge is 0.480 e. The topological polar surface area (TPSA) is 69.6 Å². The first-order valence-electron chi connectivity index (χ1n) is 7.07. The molecule has 0 saturated heterocycles. The van der Waals surface area contributed by atoms with Gasteiger partial charge < -0.3 is 15.3 Å². The van der Waals surface area contributed by atoms with Gasteiger partial charge in [-0.25, -0.2) is 9.18 Å². The van der Waals surface area contributed by atoms with Crippen LogP contribution in [-0.4, -0.2) is 34.6 Å². The fourth-order valence-electron chi connectivity index (χ4n) is 2.61. The van der Waals surface area contributed by atoms with Crippen LogP contribution < -0.4 is 5.32 Å². The van der Waals surface area contributed by atoms with E-state index in [-0.39, 0.29) is 31.0 Å². The van der Waals surface area contributed by atoms with Gasteiger partial charge in [0, 0.05) is 12.6 Å². The smallest absolute Gasteiger partial charge is 0.323 e. The van der Waals surface area contributed by atoms with Crippen molar-refractivity contribution in [2.45, 2.75) is 38.3 Å². The molecule has 114 valence electrons. The number of rotatable bonds is 5. The standard InChI is InChI=1S/C15H19FN2O3/c16-12-7-5-11(6-8-12)9-17-15(21)18(10-14(19)20)13-3-1-2-4-13/h5-8,13H,1-4,9-10H2,(H,17,21)(H,19,20). The van der Waals surface area contributed by atoms with Crippen molar-refractivity contribution in [1.29, 1.82) is 0 Å². The number of nitrogens with zero attached hydrogens (tertiary/aromatic N) is 1. The van der Waals surface area contributed by atoms with Crippen LogP contribution >= 0.6 is 0 Å². The van der Waals surface area contributed by atoms with E-state index in [1.54, 1.807) is 12.1 Å². The zero-order valence-corrected chi connectivity index (χ0v) is 11.7. The Kier molecular flexibility index (Phi) is 5.14. The number of benzene rings is 1. The number of carbonyl (C=O) groups excluding carboxylic acids is 1. The van der Waals surface area contributed by atoms with Crippen molar-refractivity contribution in [3.05, 3.63) is 35.6 Å². The van der Waals surface area contributed by atoms with Gasteiger partial charge in [0.15, 0.2) is 0 Å². The van der Waals surface area contributed by atoms with E-state index in [9.17, 15) is 14.0 Å². The van der Waals surface area contributed by atoms with Crippen LogP contribution in [0.15, 0.2) is 24.3 Å². The summed E-state index contributed by atoms with van der Waals surface area (Å²) < 4.78 is 12.8. The Hall–Kier alpha value is -2.11. The summed E-state index contributed by atoms with van der Waals surface area (Å²) in [5.41, 5.74) is 0.770. The summed E-state index contributed by atoms with van der Waals surface area (Å²) in [4.78, 5) is 24.5. The van der Waals surface area contributed by atoms with Crippen LogP contribution in [0, 0.1) is 5.82 Å². The molecule has 1 aliphatic carbocycles. The lowest BCUT2D eigenvalue weighted by Gasteiger charge is -2.27. The zero-order valence-electron chi connectivity index (χ0n) is 11.7. The molecule has 0 heterocycles. The molecule has 1 aromatic carbocycles. The fourth-order valence-corrected chi connectivity index (χ4v) is 2.61. The van der Waals surface area contributed by atoms with E-state index in [0.29, 0.717) is 0 Å². The summed E-state index contributed by atoms with van der Waals surface area (Å²) in [6, 6.07) is 5.45. The van der Waals surface area contributed by atoms with Crippen molar-refractivity contribution in [2.24, 2.45) is 0 Å². The van der Waals surface area contributed by atoms with E-state index in [0.717, 1.165) is 31.2 Å². The van der Waals surface area contributed by atoms with Gasteiger partial charge in [-0.15, -0.1) is 0 Å². The third-order valence-electron chi connectivity index (χ3n) is 3.69. The molecule has 0 aliphatic heterocycles. The first-order valence-corrected chi connectivity index (χ1v) is 7.07. The summed E-state index contributed by atoms with van der Waals surface area (Å²) in [6.45, 7) is -0.0398. The molecular formula is C15H19FN2O3. The lowest BCUT2D eigenvalue weighted by Crippen LogP contribution is -2.47. The fraction of sp³-hybridized carbons (Fsp3) is 0.467. The number of urea groups is 1. The first-order chi connectivity index (χ1) is 10.1. The molecule has 1 aromatic rings. The Morgan fingerprint density at radius 1 is 1.24 bits per heavy atom. The van der Waals surface area contributed by atoms with E-state index < -0.39 is 5.97 Å². The Morgan fingerprint density at radius 2 is 1.86 bits per heavy atom.